The van der Waals surface area contributed by atoms with Gasteiger partial charge >= 0.3 is 5.97 Å². The maximum atomic E-state index is 11.2. The van der Waals surface area contributed by atoms with Gasteiger partial charge in [-0.15, -0.1) is 0 Å². The lowest BCUT2D eigenvalue weighted by molar-refractivity contribution is -0.145. The molecule has 0 saturated heterocycles. The van der Waals surface area contributed by atoms with Gasteiger partial charge in [0.1, 0.15) is 0 Å². The molecule has 3 aliphatic rings. The van der Waals surface area contributed by atoms with Crippen molar-refractivity contribution >= 4 is 5.97 Å². The summed E-state index contributed by atoms with van der Waals surface area (Å²) in [5.41, 5.74) is 0. The van der Waals surface area contributed by atoms with Crippen molar-refractivity contribution in [3.63, 3.8) is 0 Å². The number of hydrogen-bond donors (Lipinski definition) is 1. The molecular weight excluding hydrogens is 248 g/mol. The highest BCUT2D eigenvalue weighted by Gasteiger charge is 2.45. The van der Waals surface area contributed by atoms with Crippen LogP contribution in [0.3, 0.4) is 0 Å². The molecule has 3 aliphatic carbocycles. The zero-order valence-electron chi connectivity index (χ0n) is 12.9. The van der Waals surface area contributed by atoms with Gasteiger partial charge < -0.3 is 5.11 Å². The van der Waals surface area contributed by atoms with Crippen molar-refractivity contribution in [1.82, 2.24) is 0 Å². The lowest BCUT2D eigenvalue weighted by atomic mass is 9.55. The van der Waals surface area contributed by atoms with E-state index in [2.05, 4.69) is 6.92 Å². The molecule has 2 heteroatoms. The Hall–Kier alpha value is -0.530. The number of rotatable bonds is 3. The van der Waals surface area contributed by atoms with Crippen LogP contribution >= 0.6 is 0 Å². The van der Waals surface area contributed by atoms with Crippen molar-refractivity contribution in [2.45, 2.75) is 71.1 Å². The Morgan fingerprint density at radius 2 is 1.60 bits per heavy atom. The molecule has 114 valence electrons. The standard InChI is InChI=1S/C18H30O2/c1-2-3-12-4-8-16-13(10-12)5-6-14-11-15(18(19)20)7-9-17(14)16/h12-17H,2-11H2,1H3,(H,19,20)/t12?,13-,14+,15+,16-,17-/m0/s1. The minimum atomic E-state index is -0.544. The topological polar surface area (TPSA) is 37.3 Å². The lowest BCUT2D eigenvalue weighted by Gasteiger charge is -2.50. The molecule has 0 spiro atoms. The highest BCUT2D eigenvalue weighted by molar-refractivity contribution is 5.70. The summed E-state index contributed by atoms with van der Waals surface area (Å²) in [5.74, 6) is 3.93. The number of fused-ring (bicyclic) bond motifs is 3. The van der Waals surface area contributed by atoms with Gasteiger partial charge in [-0.05, 0) is 74.5 Å². The van der Waals surface area contributed by atoms with Crippen LogP contribution in [0.2, 0.25) is 0 Å². The van der Waals surface area contributed by atoms with E-state index in [1.54, 1.807) is 0 Å². The van der Waals surface area contributed by atoms with Gasteiger partial charge in [0.15, 0.2) is 0 Å². The second kappa shape index (κ2) is 6.07. The third kappa shape index (κ3) is 2.76. The van der Waals surface area contributed by atoms with Crippen LogP contribution in [0, 0.1) is 35.5 Å². The van der Waals surface area contributed by atoms with E-state index in [4.69, 9.17) is 0 Å². The van der Waals surface area contributed by atoms with Crippen LogP contribution in [0.5, 0.6) is 0 Å². The van der Waals surface area contributed by atoms with Crippen molar-refractivity contribution in [2.75, 3.05) is 0 Å². The zero-order valence-corrected chi connectivity index (χ0v) is 12.9. The van der Waals surface area contributed by atoms with Crippen LogP contribution in [0.15, 0.2) is 0 Å². The van der Waals surface area contributed by atoms with E-state index in [1.165, 1.54) is 51.4 Å². The normalized spacial score (nSPS) is 44.5. The van der Waals surface area contributed by atoms with Gasteiger partial charge in [0.2, 0.25) is 0 Å². The fourth-order valence-electron chi connectivity index (χ4n) is 5.79. The fourth-order valence-corrected chi connectivity index (χ4v) is 5.79. The molecular formula is C18H30O2. The molecule has 2 nitrogen and oxygen atoms in total. The van der Waals surface area contributed by atoms with Crippen molar-refractivity contribution < 1.29 is 9.90 Å². The van der Waals surface area contributed by atoms with Gasteiger partial charge in [0, 0.05) is 0 Å². The Morgan fingerprint density at radius 3 is 2.25 bits per heavy atom. The van der Waals surface area contributed by atoms with Gasteiger partial charge in [-0.2, -0.15) is 0 Å². The van der Waals surface area contributed by atoms with E-state index < -0.39 is 5.97 Å². The highest BCUT2D eigenvalue weighted by Crippen LogP contribution is 2.53. The molecule has 3 saturated carbocycles. The monoisotopic (exact) mass is 278 g/mol. The van der Waals surface area contributed by atoms with Gasteiger partial charge in [-0.3, -0.25) is 4.79 Å². The maximum Gasteiger partial charge on any atom is 0.306 e. The summed E-state index contributed by atoms with van der Waals surface area (Å²) in [5, 5.41) is 9.25. The van der Waals surface area contributed by atoms with Gasteiger partial charge in [-0.1, -0.05) is 26.2 Å². The number of hydrogen-bond acceptors (Lipinski definition) is 1. The Bertz CT molecular complexity index is 351. The van der Waals surface area contributed by atoms with E-state index in [9.17, 15) is 9.90 Å². The zero-order chi connectivity index (χ0) is 14.1. The van der Waals surface area contributed by atoms with E-state index in [0.29, 0.717) is 0 Å². The fraction of sp³-hybridized carbons (Fsp3) is 0.944. The summed E-state index contributed by atoms with van der Waals surface area (Å²) in [4.78, 5) is 11.2. The molecule has 0 aromatic heterocycles. The Kier molecular flexibility index (Phi) is 4.37. The first kappa shape index (κ1) is 14.4. The minimum Gasteiger partial charge on any atom is -0.481 e. The number of carbonyl (C=O) groups is 1. The van der Waals surface area contributed by atoms with Crippen molar-refractivity contribution in [3.05, 3.63) is 0 Å². The molecule has 0 aliphatic heterocycles. The maximum absolute atomic E-state index is 11.2. The second-order valence-electron chi connectivity index (χ2n) is 7.74. The van der Waals surface area contributed by atoms with Crippen LogP contribution < -0.4 is 0 Å². The Balaban J connectivity index is 1.62. The molecule has 0 amide bonds. The van der Waals surface area contributed by atoms with E-state index in [0.717, 1.165) is 42.4 Å². The minimum absolute atomic E-state index is 0.0377. The molecule has 0 bridgehead atoms. The number of carboxylic acids is 1. The SMILES string of the molecule is CCCC1CC[C@H]2[C@@H](CC[C@@H]3C[C@H](C(=O)O)CC[C@@H]32)C1. The Labute approximate surface area is 123 Å². The third-order valence-corrected chi connectivity index (χ3v) is 6.70. The van der Waals surface area contributed by atoms with E-state index >= 15 is 0 Å². The number of aliphatic carboxylic acids is 1. The average Bonchev–Trinajstić information content (AvgIpc) is 2.46. The van der Waals surface area contributed by atoms with Crippen LogP contribution in [0.1, 0.15) is 71.1 Å². The highest BCUT2D eigenvalue weighted by atomic mass is 16.4. The van der Waals surface area contributed by atoms with Crippen molar-refractivity contribution in [2.24, 2.45) is 35.5 Å². The first-order chi connectivity index (χ1) is 9.69. The third-order valence-electron chi connectivity index (χ3n) is 6.70. The molecule has 0 aromatic rings. The summed E-state index contributed by atoms with van der Waals surface area (Å²) in [7, 11) is 0. The van der Waals surface area contributed by atoms with Crippen LogP contribution in [-0.4, -0.2) is 11.1 Å². The van der Waals surface area contributed by atoms with Crippen molar-refractivity contribution in [3.8, 4) is 0 Å². The summed E-state index contributed by atoms with van der Waals surface area (Å²) in [6.07, 6.45) is 12.9. The first-order valence-electron chi connectivity index (χ1n) is 8.91. The molecule has 3 fully saturated rings. The summed E-state index contributed by atoms with van der Waals surface area (Å²) in [6.45, 7) is 2.32. The molecule has 0 radical (unpaired) electrons. The molecule has 1 N–H and O–H groups in total. The lowest BCUT2D eigenvalue weighted by Crippen LogP contribution is -2.42. The molecule has 1 unspecified atom stereocenters. The Morgan fingerprint density at radius 1 is 0.950 bits per heavy atom. The molecule has 20 heavy (non-hydrogen) atoms. The summed E-state index contributed by atoms with van der Waals surface area (Å²) >= 11 is 0. The molecule has 3 rings (SSSR count). The van der Waals surface area contributed by atoms with Crippen molar-refractivity contribution in [1.29, 1.82) is 0 Å². The van der Waals surface area contributed by atoms with Crippen LogP contribution in [0.25, 0.3) is 0 Å². The first-order valence-corrected chi connectivity index (χ1v) is 8.91. The van der Waals surface area contributed by atoms with Gasteiger partial charge in [0.25, 0.3) is 0 Å². The summed E-state index contributed by atoms with van der Waals surface area (Å²) < 4.78 is 0. The molecule has 0 aromatic carbocycles. The molecule has 6 atom stereocenters. The van der Waals surface area contributed by atoms with Crippen LogP contribution in [-0.2, 0) is 4.79 Å². The molecule has 0 heterocycles. The van der Waals surface area contributed by atoms with Gasteiger partial charge in [-0.25, -0.2) is 0 Å². The van der Waals surface area contributed by atoms with Gasteiger partial charge in [0.05, 0.1) is 5.92 Å². The predicted molar refractivity (Wildman–Crippen MR) is 80.4 cm³/mol. The quantitative estimate of drug-likeness (QED) is 0.810. The van der Waals surface area contributed by atoms with E-state index in [1.807, 2.05) is 0 Å². The summed E-state index contributed by atoms with van der Waals surface area (Å²) in [6, 6.07) is 0. The predicted octanol–water partition coefficient (Wildman–Crippen LogP) is 4.73. The number of carboxylic acid groups (broad SMARTS) is 1. The van der Waals surface area contributed by atoms with E-state index in [-0.39, 0.29) is 5.92 Å². The smallest absolute Gasteiger partial charge is 0.306 e. The average molecular weight is 278 g/mol. The van der Waals surface area contributed by atoms with Crippen LogP contribution in [0.4, 0.5) is 0 Å². The second-order valence-corrected chi connectivity index (χ2v) is 7.74. The largest absolute Gasteiger partial charge is 0.481 e.